The molecule has 1 aromatic rings. The van der Waals surface area contributed by atoms with Gasteiger partial charge < -0.3 is 24.4 Å². The number of esters is 1. The summed E-state index contributed by atoms with van der Waals surface area (Å²) in [6.07, 6.45) is 4.66. The molecule has 3 aliphatic rings. The van der Waals surface area contributed by atoms with Crippen molar-refractivity contribution < 1.29 is 29.0 Å². The van der Waals surface area contributed by atoms with Crippen molar-refractivity contribution in [1.29, 1.82) is 0 Å². The van der Waals surface area contributed by atoms with Crippen LogP contribution < -0.4 is 4.90 Å². The van der Waals surface area contributed by atoms with Crippen LogP contribution in [0, 0.1) is 25.7 Å². The van der Waals surface area contributed by atoms with E-state index in [-0.39, 0.29) is 36.4 Å². The Hall–Kier alpha value is -2.23. The number of carbonyl (C=O) groups is 3. The standard InChI is InChI=1S/C29H39BrN2O6/c1-5-14-31(23-18(3)12-11-13-19(23)4)27(35)25-29-17-20(30)24(38-29)21(28(36)37-6-2)22(29)26(34)32(25)15-9-7-8-10-16-33/h5,11-13,20-22,24-25,33H,1,6-10,14-17H2,2-4H3/t20?,21-,22+,24-,25-,29+/m1/s1. The number of fused-ring (bicyclic) bond motifs is 1. The third-order valence-corrected chi connectivity index (χ3v) is 9.02. The summed E-state index contributed by atoms with van der Waals surface area (Å²) in [6.45, 7) is 10.6. The molecule has 1 aromatic carbocycles. The number of halogens is 1. The predicted octanol–water partition coefficient (Wildman–Crippen LogP) is 3.69. The second kappa shape index (κ2) is 11.9. The lowest BCUT2D eigenvalue weighted by Crippen LogP contribution is -2.57. The van der Waals surface area contributed by atoms with Crippen molar-refractivity contribution in [3.8, 4) is 0 Å². The van der Waals surface area contributed by atoms with Crippen LogP contribution in [0.15, 0.2) is 30.9 Å². The zero-order valence-corrected chi connectivity index (χ0v) is 24.1. The molecule has 0 radical (unpaired) electrons. The van der Waals surface area contributed by atoms with Crippen LogP contribution in [0.25, 0.3) is 0 Å². The number of alkyl halides is 1. The third kappa shape index (κ3) is 4.82. The summed E-state index contributed by atoms with van der Waals surface area (Å²) in [5.41, 5.74) is 1.59. The average molecular weight is 592 g/mol. The number of ether oxygens (including phenoxy) is 2. The molecule has 208 valence electrons. The second-order valence-corrected chi connectivity index (χ2v) is 11.7. The SMILES string of the molecule is C=CCN(C(=O)[C@H]1N(CCCCCCO)C(=O)[C@@H]2[C@@H](C(=O)OCC)[C@@H]3O[C@@]21CC3Br)c1c(C)cccc1C. The molecule has 3 saturated heterocycles. The average Bonchev–Trinajstić information content (AvgIpc) is 3.46. The highest BCUT2D eigenvalue weighted by atomic mass is 79.9. The van der Waals surface area contributed by atoms with Gasteiger partial charge in [-0.1, -0.05) is 53.0 Å². The lowest BCUT2D eigenvalue weighted by atomic mass is 9.70. The van der Waals surface area contributed by atoms with Crippen molar-refractivity contribution in [2.75, 3.05) is 31.2 Å². The fourth-order valence-corrected chi connectivity index (χ4v) is 7.65. The Morgan fingerprint density at radius 2 is 1.95 bits per heavy atom. The highest BCUT2D eigenvalue weighted by Crippen LogP contribution is 2.60. The first-order chi connectivity index (χ1) is 18.2. The van der Waals surface area contributed by atoms with Gasteiger partial charge in [0.15, 0.2) is 0 Å². The summed E-state index contributed by atoms with van der Waals surface area (Å²) in [5.74, 6) is -2.42. The van der Waals surface area contributed by atoms with Gasteiger partial charge in [-0.05, 0) is 51.2 Å². The Labute approximate surface area is 233 Å². The van der Waals surface area contributed by atoms with Crippen LogP contribution in [0.1, 0.15) is 50.2 Å². The highest BCUT2D eigenvalue weighted by molar-refractivity contribution is 9.09. The van der Waals surface area contributed by atoms with Crippen molar-refractivity contribution in [2.24, 2.45) is 11.8 Å². The van der Waals surface area contributed by atoms with Gasteiger partial charge in [0.05, 0.1) is 24.5 Å². The molecule has 3 aliphatic heterocycles. The molecule has 3 fully saturated rings. The van der Waals surface area contributed by atoms with E-state index in [1.807, 2.05) is 32.0 Å². The molecule has 0 aliphatic carbocycles. The van der Waals surface area contributed by atoms with E-state index in [9.17, 15) is 14.4 Å². The minimum Gasteiger partial charge on any atom is -0.466 e. The molecule has 2 amide bonds. The van der Waals surface area contributed by atoms with Crippen LogP contribution in [0.2, 0.25) is 0 Å². The Bertz CT molecular complexity index is 1060. The highest BCUT2D eigenvalue weighted by Gasteiger charge is 2.77. The zero-order valence-electron chi connectivity index (χ0n) is 22.5. The van der Waals surface area contributed by atoms with Crippen LogP contribution in [0.3, 0.4) is 0 Å². The van der Waals surface area contributed by atoms with Crippen molar-refractivity contribution in [1.82, 2.24) is 4.90 Å². The van der Waals surface area contributed by atoms with Crippen LogP contribution in [-0.4, -0.2) is 76.7 Å². The molecule has 4 rings (SSSR count). The quantitative estimate of drug-likeness (QED) is 0.173. The van der Waals surface area contributed by atoms with Gasteiger partial charge in [0.25, 0.3) is 5.91 Å². The van der Waals surface area contributed by atoms with Gasteiger partial charge in [-0.2, -0.15) is 0 Å². The van der Waals surface area contributed by atoms with E-state index in [1.165, 1.54) is 0 Å². The van der Waals surface area contributed by atoms with Crippen LogP contribution in [0.4, 0.5) is 5.69 Å². The van der Waals surface area contributed by atoms with E-state index < -0.39 is 35.6 Å². The topological polar surface area (TPSA) is 96.4 Å². The number of hydrogen-bond donors (Lipinski definition) is 1. The molecule has 0 saturated carbocycles. The number of rotatable bonds is 12. The van der Waals surface area contributed by atoms with Gasteiger partial charge in [0.2, 0.25) is 5.91 Å². The Kier molecular flexibility index (Phi) is 9.00. The van der Waals surface area contributed by atoms with Gasteiger partial charge in [0.1, 0.15) is 11.6 Å². The van der Waals surface area contributed by atoms with E-state index in [4.69, 9.17) is 14.6 Å². The number of para-hydroxylation sites is 1. The first-order valence-corrected chi connectivity index (χ1v) is 14.5. The summed E-state index contributed by atoms with van der Waals surface area (Å²) in [4.78, 5) is 45.0. The molecule has 0 aromatic heterocycles. The number of aryl methyl sites for hydroxylation is 2. The summed E-state index contributed by atoms with van der Waals surface area (Å²) >= 11 is 3.69. The first kappa shape index (κ1) is 28.8. The number of unbranched alkanes of at least 4 members (excludes halogenated alkanes) is 3. The maximum absolute atomic E-state index is 14.6. The monoisotopic (exact) mass is 590 g/mol. The minimum absolute atomic E-state index is 0.129. The molecule has 6 atom stereocenters. The van der Waals surface area contributed by atoms with Crippen molar-refractivity contribution >= 4 is 39.4 Å². The maximum Gasteiger partial charge on any atom is 0.312 e. The number of nitrogens with zero attached hydrogens (tertiary/aromatic N) is 2. The van der Waals surface area contributed by atoms with Gasteiger partial charge >= 0.3 is 5.97 Å². The summed E-state index contributed by atoms with van der Waals surface area (Å²) in [7, 11) is 0. The lowest BCUT2D eigenvalue weighted by molar-refractivity contribution is -0.154. The predicted molar refractivity (Wildman–Crippen MR) is 148 cm³/mol. The smallest absolute Gasteiger partial charge is 0.312 e. The number of carbonyl (C=O) groups excluding carboxylic acids is 3. The van der Waals surface area contributed by atoms with E-state index in [2.05, 4.69) is 22.5 Å². The summed E-state index contributed by atoms with van der Waals surface area (Å²) in [5, 5.41) is 9.14. The Balaban J connectivity index is 1.76. The van der Waals surface area contributed by atoms with E-state index in [1.54, 1.807) is 22.8 Å². The number of anilines is 1. The van der Waals surface area contributed by atoms with Gasteiger partial charge in [-0.25, -0.2) is 0 Å². The molecule has 2 bridgehead atoms. The number of likely N-dealkylation sites (tertiary alicyclic amines) is 1. The molecule has 9 heteroatoms. The number of aliphatic hydroxyl groups excluding tert-OH is 1. The molecule has 1 N–H and O–H groups in total. The molecular formula is C29H39BrN2O6. The van der Waals surface area contributed by atoms with Crippen molar-refractivity contribution in [3.63, 3.8) is 0 Å². The first-order valence-electron chi connectivity index (χ1n) is 13.6. The van der Waals surface area contributed by atoms with Crippen LogP contribution in [0.5, 0.6) is 0 Å². The van der Waals surface area contributed by atoms with Gasteiger partial charge in [-0.15, -0.1) is 6.58 Å². The lowest BCUT2D eigenvalue weighted by Gasteiger charge is -2.37. The molecule has 1 spiro atoms. The largest absolute Gasteiger partial charge is 0.466 e. The van der Waals surface area contributed by atoms with Gasteiger partial charge in [-0.3, -0.25) is 14.4 Å². The Morgan fingerprint density at radius 3 is 2.58 bits per heavy atom. The van der Waals surface area contributed by atoms with Crippen molar-refractivity contribution in [3.05, 3.63) is 42.0 Å². The fraction of sp³-hybridized carbons (Fsp3) is 0.621. The number of amides is 2. The zero-order chi connectivity index (χ0) is 27.6. The van der Waals surface area contributed by atoms with Gasteiger partial charge in [0, 0.05) is 30.2 Å². The minimum atomic E-state index is -1.12. The number of benzene rings is 1. The fourth-order valence-electron chi connectivity index (χ4n) is 6.70. The van der Waals surface area contributed by atoms with Crippen LogP contribution >= 0.6 is 15.9 Å². The maximum atomic E-state index is 14.6. The molecule has 38 heavy (non-hydrogen) atoms. The normalized spacial score (nSPS) is 29.4. The van der Waals surface area contributed by atoms with Crippen molar-refractivity contribution in [2.45, 2.75) is 75.4 Å². The molecule has 8 nitrogen and oxygen atoms in total. The van der Waals surface area contributed by atoms with Crippen LogP contribution in [-0.2, 0) is 23.9 Å². The van der Waals surface area contributed by atoms with E-state index >= 15 is 0 Å². The molecular weight excluding hydrogens is 552 g/mol. The van der Waals surface area contributed by atoms with E-state index in [0.29, 0.717) is 25.8 Å². The Morgan fingerprint density at radius 1 is 1.26 bits per heavy atom. The molecule has 1 unspecified atom stereocenters. The molecule has 3 heterocycles. The second-order valence-electron chi connectivity index (χ2n) is 10.6. The number of aliphatic hydroxyl groups is 1. The summed E-state index contributed by atoms with van der Waals surface area (Å²) in [6, 6.07) is 5.02. The number of hydrogen-bond acceptors (Lipinski definition) is 6. The summed E-state index contributed by atoms with van der Waals surface area (Å²) < 4.78 is 11.9. The third-order valence-electron chi connectivity index (χ3n) is 8.18. The van der Waals surface area contributed by atoms with E-state index in [0.717, 1.165) is 29.7 Å².